The minimum absolute atomic E-state index is 0.0549. The summed E-state index contributed by atoms with van der Waals surface area (Å²) in [6.45, 7) is 0. The van der Waals surface area contributed by atoms with Gasteiger partial charge in [-0.1, -0.05) is 23.7 Å². The molecule has 5 heteroatoms. The van der Waals surface area contributed by atoms with Gasteiger partial charge in [0, 0.05) is 11.8 Å². The van der Waals surface area contributed by atoms with Crippen LogP contribution in [-0.2, 0) is 0 Å². The van der Waals surface area contributed by atoms with Gasteiger partial charge in [-0.3, -0.25) is 0 Å². The van der Waals surface area contributed by atoms with E-state index in [0.717, 1.165) is 5.56 Å². The predicted molar refractivity (Wildman–Crippen MR) is 61.6 cm³/mol. The van der Waals surface area contributed by atoms with E-state index >= 15 is 0 Å². The number of hydrogen-bond donors (Lipinski definition) is 1. The van der Waals surface area contributed by atoms with Crippen LogP contribution >= 0.6 is 11.6 Å². The molecule has 0 unspecified atom stereocenters. The Morgan fingerprint density at radius 1 is 1.24 bits per heavy atom. The number of benzene rings is 1. The maximum atomic E-state index is 12.7. The Morgan fingerprint density at radius 3 is 2.41 bits per heavy atom. The molecule has 0 aliphatic carbocycles. The van der Waals surface area contributed by atoms with Crippen molar-refractivity contribution in [3.63, 3.8) is 0 Å². The number of pyridine rings is 1. The maximum Gasteiger partial charge on any atom is 0.356 e. The molecule has 0 aliphatic rings. The topological polar surface area (TPSA) is 50.2 Å². The number of aromatic carboxylic acids is 1. The van der Waals surface area contributed by atoms with E-state index in [2.05, 4.69) is 4.98 Å². The van der Waals surface area contributed by atoms with E-state index in [4.69, 9.17) is 16.7 Å². The molecular weight excluding hydrogens is 245 g/mol. The number of hydrogen-bond acceptors (Lipinski definition) is 2. The first-order valence-electron chi connectivity index (χ1n) is 4.72. The summed E-state index contributed by atoms with van der Waals surface area (Å²) in [6.07, 6.45) is 1.39. The van der Waals surface area contributed by atoms with Crippen molar-refractivity contribution < 1.29 is 14.3 Å². The van der Waals surface area contributed by atoms with Crippen LogP contribution in [0.4, 0.5) is 4.39 Å². The first-order chi connectivity index (χ1) is 8.08. The molecule has 0 radical (unpaired) electrons. The molecule has 0 bridgehead atoms. The van der Waals surface area contributed by atoms with Crippen LogP contribution in [0.2, 0.25) is 5.02 Å². The van der Waals surface area contributed by atoms with Crippen molar-refractivity contribution in [3.05, 3.63) is 53.1 Å². The van der Waals surface area contributed by atoms with Gasteiger partial charge < -0.3 is 5.11 Å². The molecule has 1 aromatic carbocycles. The van der Waals surface area contributed by atoms with Crippen molar-refractivity contribution in [1.82, 2.24) is 4.98 Å². The Bertz CT molecular complexity index is 569. The highest BCUT2D eigenvalue weighted by Gasteiger charge is 2.11. The van der Waals surface area contributed by atoms with Gasteiger partial charge >= 0.3 is 5.97 Å². The number of carboxylic acid groups (broad SMARTS) is 1. The second-order valence-corrected chi connectivity index (χ2v) is 3.77. The van der Waals surface area contributed by atoms with Crippen LogP contribution in [0.15, 0.2) is 36.5 Å². The molecule has 1 heterocycles. The third-order valence-corrected chi connectivity index (χ3v) is 2.51. The van der Waals surface area contributed by atoms with E-state index < -0.39 is 5.97 Å². The predicted octanol–water partition coefficient (Wildman–Crippen LogP) is 3.24. The average molecular weight is 252 g/mol. The molecule has 2 rings (SSSR count). The van der Waals surface area contributed by atoms with Crippen LogP contribution in [-0.4, -0.2) is 16.1 Å². The zero-order chi connectivity index (χ0) is 12.4. The Kier molecular flexibility index (Phi) is 3.06. The second-order valence-electron chi connectivity index (χ2n) is 3.37. The highest BCUT2D eigenvalue weighted by molar-refractivity contribution is 6.33. The van der Waals surface area contributed by atoms with Crippen LogP contribution < -0.4 is 0 Å². The van der Waals surface area contributed by atoms with Gasteiger partial charge in [0.2, 0.25) is 0 Å². The summed E-state index contributed by atoms with van der Waals surface area (Å²) in [5, 5.41) is 8.82. The van der Waals surface area contributed by atoms with Gasteiger partial charge in [0.15, 0.2) is 5.69 Å². The number of nitrogens with zero attached hydrogens (tertiary/aromatic N) is 1. The summed E-state index contributed by atoms with van der Waals surface area (Å²) >= 11 is 5.79. The minimum atomic E-state index is -1.18. The van der Waals surface area contributed by atoms with Crippen LogP contribution in [0.3, 0.4) is 0 Å². The maximum absolute atomic E-state index is 12.7. The standard InChI is InChI=1S/C12H7ClFNO2/c13-10-5-8(6-15-11(10)12(16)17)7-1-3-9(14)4-2-7/h1-6H,(H,16,17). The van der Waals surface area contributed by atoms with E-state index in [9.17, 15) is 9.18 Å². The SMILES string of the molecule is O=C(O)c1ncc(-c2ccc(F)cc2)cc1Cl. The number of carbonyl (C=O) groups is 1. The molecule has 0 spiro atoms. The van der Waals surface area contributed by atoms with Crippen molar-refractivity contribution in [1.29, 1.82) is 0 Å². The first-order valence-corrected chi connectivity index (χ1v) is 5.10. The molecule has 0 saturated carbocycles. The van der Waals surface area contributed by atoms with Gasteiger partial charge in [0.25, 0.3) is 0 Å². The lowest BCUT2D eigenvalue weighted by molar-refractivity contribution is 0.0691. The zero-order valence-corrected chi connectivity index (χ0v) is 9.28. The molecule has 3 nitrogen and oxygen atoms in total. The highest BCUT2D eigenvalue weighted by Crippen LogP contribution is 2.24. The molecule has 1 N–H and O–H groups in total. The lowest BCUT2D eigenvalue weighted by Gasteiger charge is -2.03. The number of carboxylic acids is 1. The molecule has 0 amide bonds. The van der Waals surface area contributed by atoms with E-state index in [0.29, 0.717) is 5.56 Å². The lowest BCUT2D eigenvalue weighted by Crippen LogP contribution is -2.01. The summed E-state index contributed by atoms with van der Waals surface area (Å²) in [5.74, 6) is -1.52. The normalized spacial score (nSPS) is 10.2. The van der Waals surface area contributed by atoms with E-state index in [1.54, 1.807) is 12.1 Å². The minimum Gasteiger partial charge on any atom is -0.476 e. The fourth-order valence-electron chi connectivity index (χ4n) is 1.40. The van der Waals surface area contributed by atoms with Gasteiger partial charge in [-0.25, -0.2) is 14.2 Å². The zero-order valence-electron chi connectivity index (χ0n) is 8.52. The van der Waals surface area contributed by atoms with Crippen molar-refractivity contribution in [3.8, 4) is 11.1 Å². The van der Waals surface area contributed by atoms with Crippen LogP contribution in [0, 0.1) is 5.82 Å². The largest absolute Gasteiger partial charge is 0.476 e. The quantitative estimate of drug-likeness (QED) is 0.891. The summed E-state index contributed by atoms with van der Waals surface area (Å²) in [4.78, 5) is 14.5. The average Bonchev–Trinajstić information content (AvgIpc) is 2.29. The third kappa shape index (κ3) is 2.42. The van der Waals surface area contributed by atoms with Crippen molar-refractivity contribution in [2.24, 2.45) is 0 Å². The fourth-order valence-corrected chi connectivity index (χ4v) is 1.64. The van der Waals surface area contributed by atoms with E-state index in [1.807, 2.05) is 0 Å². The van der Waals surface area contributed by atoms with Crippen LogP contribution in [0.25, 0.3) is 11.1 Å². The fraction of sp³-hybridized carbons (Fsp3) is 0. The van der Waals surface area contributed by atoms with Gasteiger partial charge in [-0.15, -0.1) is 0 Å². The number of rotatable bonds is 2. The van der Waals surface area contributed by atoms with Crippen molar-refractivity contribution in [2.45, 2.75) is 0 Å². The molecule has 86 valence electrons. The van der Waals surface area contributed by atoms with E-state index in [1.165, 1.54) is 24.4 Å². The molecule has 0 atom stereocenters. The van der Waals surface area contributed by atoms with Gasteiger partial charge in [0.1, 0.15) is 5.82 Å². The molecule has 1 aromatic heterocycles. The molecule has 0 aliphatic heterocycles. The molecule has 0 saturated heterocycles. The second kappa shape index (κ2) is 4.51. The van der Waals surface area contributed by atoms with Crippen LogP contribution in [0.1, 0.15) is 10.5 Å². The summed E-state index contributed by atoms with van der Waals surface area (Å²) in [7, 11) is 0. The Labute approximate surface area is 101 Å². The van der Waals surface area contributed by atoms with E-state index in [-0.39, 0.29) is 16.5 Å². The lowest BCUT2D eigenvalue weighted by atomic mass is 10.1. The van der Waals surface area contributed by atoms with Gasteiger partial charge in [-0.2, -0.15) is 0 Å². The van der Waals surface area contributed by atoms with Gasteiger partial charge in [0.05, 0.1) is 5.02 Å². The Hall–Kier alpha value is -1.94. The summed E-state index contributed by atoms with van der Waals surface area (Å²) < 4.78 is 12.7. The molecular formula is C12H7ClFNO2. The molecule has 2 aromatic rings. The monoisotopic (exact) mass is 251 g/mol. The third-order valence-electron chi connectivity index (χ3n) is 2.22. The Balaban J connectivity index is 2.44. The van der Waals surface area contributed by atoms with Gasteiger partial charge in [-0.05, 0) is 23.8 Å². The molecule has 17 heavy (non-hydrogen) atoms. The molecule has 0 fully saturated rings. The number of halogens is 2. The van der Waals surface area contributed by atoms with Crippen LogP contribution in [0.5, 0.6) is 0 Å². The van der Waals surface area contributed by atoms with Crippen molar-refractivity contribution >= 4 is 17.6 Å². The Morgan fingerprint density at radius 2 is 1.88 bits per heavy atom. The number of aromatic nitrogens is 1. The first kappa shape index (κ1) is 11.5. The van der Waals surface area contributed by atoms with Crippen molar-refractivity contribution in [2.75, 3.05) is 0 Å². The smallest absolute Gasteiger partial charge is 0.356 e. The summed E-state index contributed by atoms with van der Waals surface area (Å²) in [6, 6.07) is 7.26. The summed E-state index contributed by atoms with van der Waals surface area (Å²) in [5.41, 5.74) is 1.16. The highest BCUT2D eigenvalue weighted by atomic mass is 35.5.